The van der Waals surface area contributed by atoms with Gasteiger partial charge in [-0.1, -0.05) is 17.2 Å². The summed E-state index contributed by atoms with van der Waals surface area (Å²) in [4.78, 5) is 64.5. The Hall–Kier alpha value is -3.50. The molecule has 0 spiro atoms. The summed E-state index contributed by atoms with van der Waals surface area (Å²) in [6.07, 6.45) is 6.60. The number of piperazine rings is 1. The van der Waals surface area contributed by atoms with Crippen molar-refractivity contribution in [1.82, 2.24) is 25.0 Å². The van der Waals surface area contributed by atoms with Gasteiger partial charge in [0, 0.05) is 41.9 Å². The number of Topliss-reactive ketones (excluding diaryl/α,β-unsaturated/α-hetero) is 1. The van der Waals surface area contributed by atoms with Crippen LogP contribution >= 0.6 is 11.3 Å². The molecule has 7 rings (SSSR count). The second-order valence-corrected chi connectivity index (χ2v) is 16.0. The Balaban J connectivity index is 1.11. The van der Waals surface area contributed by atoms with Crippen molar-refractivity contribution >= 4 is 45.1 Å². The van der Waals surface area contributed by atoms with E-state index >= 15 is 0 Å². The summed E-state index contributed by atoms with van der Waals surface area (Å²) in [6.45, 7) is 11.3. The first-order chi connectivity index (χ1) is 22.5. The molecule has 6 heterocycles. The van der Waals surface area contributed by atoms with Crippen molar-refractivity contribution in [3.8, 4) is 11.3 Å². The third-order valence-corrected chi connectivity index (χ3v) is 12.4. The van der Waals surface area contributed by atoms with E-state index in [1.165, 1.54) is 0 Å². The number of rotatable bonds is 8. The number of hydrogen-bond acceptors (Lipinski definition) is 6. The molecule has 4 aliphatic rings. The lowest BCUT2D eigenvalue weighted by Gasteiger charge is -2.33. The number of aromatic amines is 1. The number of hydrogen-bond donors (Lipinski definition) is 2. The molecule has 47 heavy (non-hydrogen) atoms. The molecule has 4 fully saturated rings. The summed E-state index contributed by atoms with van der Waals surface area (Å²) in [6, 6.07) is 9.25. The summed E-state index contributed by atoms with van der Waals surface area (Å²) in [5.74, 6) is 0.496. The average molecular weight is 658 g/mol. The molecule has 2 bridgehead atoms. The van der Waals surface area contributed by atoms with E-state index in [0.717, 1.165) is 89.1 Å². The van der Waals surface area contributed by atoms with E-state index in [1.807, 2.05) is 13.8 Å². The number of ketones is 1. The topological polar surface area (TPSA) is 106 Å². The fourth-order valence-corrected chi connectivity index (χ4v) is 9.61. The molecule has 2 N–H and O–H groups in total. The summed E-state index contributed by atoms with van der Waals surface area (Å²) in [5, 5.41) is 3.68. The zero-order valence-corrected chi connectivity index (χ0v) is 28.9. The van der Waals surface area contributed by atoms with Gasteiger partial charge in [-0.05, 0) is 109 Å². The van der Waals surface area contributed by atoms with Crippen LogP contribution in [-0.2, 0) is 19.8 Å². The predicted octanol–water partition coefficient (Wildman–Crippen LogP) is 5.19. The quantitative estimate of drug-likeness (QED) is 0.325. The molecule has 1 aromatic carbocycles. The maximum atomic E-state index is 14.3. The van der Waals surface area contributed by atoms with E-state index in [0.29, 0.717) is 43.7 Å². The fraction of sp³-hybridized carbons (Fsp3) is 0.568. The summed E-state index contributed by atoms with van der Waals surface area (Å²) in [5.41, 5.74) is 4.17. The Kier molecular flexibility index (Phi) is 8.53. The van der Waals surface area contributed by atoms with Crippen LogP contribution in [-0.4, -0.2) is 94.5 Å². The van der Waals surface area contributed by atoms with Gasteiger partial charge in [0.25, 0.3) is 0 Å². The van der Waals surface area contributed by atoms with Crippen molar-refractivity contribution in [2.45, 2.75) is 90.1 Å². The smallest absolute Gasteiger partial charge is 0.239 e. The zero-order chi connectivity index (χ0) is 33.0. The Morgan fingerprint density at radius 3 is 2.21 bits per heavy atom. The molecule has 4 saturated heterocycles. The lowest BCUT2D eigenvalue weighted by Crippen LogP contribution is -2.50. The van der Waals surface area contributed by atoms with Crippen LogP contribution in [0.15, 0.2) is 24.3 Å². The Morgan fingerprint density at radius 2 is 1.57 bits per heavy atom. The van der Waals surface area contributed by atoms with Gasteiger partial charge in [0.15, 0.2) is 5.78 Å². The molecule has 4 aliphatic heterocycles. The monoisotopic (exact) mass is 657 g/mol. The maximum absolute atomic E-state index is 14.3. The number of piperidine rings is 1. The number of nitrogens with one attached hydrogen (secondary N) is 2. The number of carbonyl (C=O) groups is 4. The van der Waals surface area contributed by atoms with Gasteiger partial charge in [0.05, 0.1) is 29.8 Å². The van der Waals surface area contributed by atoms with E-state index < -0.39 is 5.41 Å². The molecule has 10 heteroatoms. The van der Waals surface area contributed by atoms with E-state index in [9.17, 15) is 19.2 Å². The molecule has 2 aromatic heterocycles. The number of H-pyrrole nitrogens is 1. The van der Waals surface area contributed by atoms with Crippen molar-refractivity contribution in [3.63, 3.8) is 0 Å². The molecule has 3 aromatic rings. The van der Waals surface area contributed by atoms with Gasteiger partial charge in [-0.15, -0.1) is 11.3 Å². The van der Waals surface area contributed by atoms with E-state index in [1.54, 1.807) is 16.2 Å². The van der Waals surface area contributed by atoms with Crippen LogP contribution in [0.5, 0.6) is 0 Å². The van der Waals surface area contributed by atoms with E-state index in [-0.39, 0.29) is 36.0 Å². The second-order valence-electron chi connectivity index (χ2n) is 14.9. The second kappa shape index (κ2) is 12.5. The highest BCUT2D eigenvalue weighted by Gasteiger charge is 2.47. The van der Waals surface area contributed by atoms with Gasteiger partial charge in [-0.25, -0.2) is 0 Å². The minimum absolute atomic E-state index is 0.0502. The maximum Gasteiger partial charge on any atom is 0.239 e. The first kappa shape index (κ1) is 32.1. The molecule has 9 nitrogen and oxygen atoms in total. The van der Waals surface area contributed by atoms with Crippen LogP contribution < -0.4 is 5.32 Å². The molecule has 0 saturated carbocycles. The molecule has 0 aliphatic carbocycles. The number of thiophene rings is 1. The lowest BCUT2D eigenvalue weighted by molar-refractivity contribution is -0.139. The number of carbonyl (C=O) groups excluding carboxylic acids is 4. The number of aromatic nitrogens is 1. The predicted molar refractivity (Wildman–Crippen MR) is 185 cm³/mol. The summed E-state index contributed by atoms with van der Waals surface area (Å²) < 4.78 is 0. The van der Waals surface area contributed by atoms with Gasteiger partial charge >= 0.3 is 0 Å². The Morgan fingerprint density at radius 1 is 0.915 bits per heavy atom. The molecular formula is C37H47N5O4S. The van der Waals surface area contributed by atoms with Crippen LogP contribution in [0.2, 0.25) is 0 Å². The molecule has 0 unspecified atom stereocenters. The van der Waals surface area contributed by atoms with Crippen molar-refractivity contribution in [3.05, 3.63) is 45.8 Å². The van der Waals surface area contributed by atoms with Crippen LogP contribution in [0.25, 0.3) is 21.5 Å². The number of likely N-dealkylation sites (tertiary alicyclic amines) is 1. The molecule has 250 valence electrons. The largest absolute Gasteiger partial charge is 0.353 e. The van der Waals surface area contributed by atoms with E-state index in [4.69, 9.17) is 0 Å². The number of amides is 3. The molecule has 3 amide bonds. The number of fused-ring (bicyclic) bond motifs is 3. The highest BCUT2D eigenvalue weighted by atomic mass is 32.1. The van der Waals surface area contributed by atoms with Gasteiger partial charge in [-0.2, -0.15) is 0 Å². The minimum Gasteiger partial charge on any atom is -0.353 e. The van der Waals surface area contributed by atoms with Crippen molar-refractivity contribution in [2.75, 3.05) is 39.3 Å². The highest BCUT2D eigenvalue weighted by molar-refractivity contribution is 7.19. The van der Waals surface area contributed by atoms with Gasteiger partial charge < -0.3 is 20.1 Å². The van der Waals surface area contributed by atoms with E-state index in [2.05, 4.69) is 58.2 Å². The van der Waals surface area contributed by atoms with Crippen LogP contribution in [0.4, 0.5) is 0 Å². The summed E-state index contributed by atoms with van der Waals surface area (Å²) >= 11 is 1.60. The van der Waals surface area contributed by atoms with Crippen LogP contribution in [0.1, 0.15) is 85.2 Å². The minimum atomic E-state index is -0.673. The lowest BCUT2D eigenvalue weighted by atomic mass is 9.88. The Bertz CT molecular complexity index is 1690. The van der Waals surface area contributed by atoms with Crippen molar-refractivity contribution in [2.24, 2.45) is 5.92 Å². The van der Waals surface area contributed by atoms with Crippen molar-refractivity contribution in [1.29, 1.82) is 0 Å². The van der Waals surface area contributed by atoms with Crippen LogP contribution in [0.3, 0.4) is 0 Å². The zero-order valence-electron chi connectivity index (χ0n) is 28.1. The standard InChI is InChI=1S/C37H47N5O4S/c1-22-15-23(2)17-25(16-22)34-33(29(43)20-40-12-9-24(10-13-40)18-32(45)41-14-11-38-31(44)21-41)28-19-30(47-35(28)39-34)37(3,4)36(46)42-26-5-6-27(42)8-7-26/h15-17,19,24,26-27,39H,5-14,18,20-21H2,1-4H3,(H,38,44). The number of nitrogens with zero attached hydrogens (tertiary/aromatic N) is 3. The Labute approximate surface area is 281 Å². The molecule has 0 radical (unpaired) electrons. The highest BCUT2D eigenvalue weighted by Crippen LogP contribution is 2.44. The third kappa shape index (κ3) is 6.15. The SMILES string of the molecule is Cc1cc(C)cc(-c2[nH]c3sc(C(C)(C)C(=O)N4C5CCC4CC5)cc3c2C(=O)CN2CCC(CC(=O)N3CCNC(=O)C3)CC2)c1. The van der Waals surface area contributed by atoms with Gasteiger partial charge in [-0.3, -0.25) is 24.1 Å². The van der Waals surface area contributed by atoms with Gasteiger partial charge in [0.2, 0.25) is 17.7 Å². The fourth-order valence-electron chi connectivity index (χ4n) is 8.44. The third-order valence-electron chi connectivity index (χ3n) is 11.0. The van der Waals surface area contributed by atoms with Gasteiger partial charge in [0.1, 0.15) is 4.83 Å². The first-order valence-electron chi connectivity index (χ1n) is 17.4. The number of benzene rings is 1. The van der Waals surface area contributed by atoms with Crippen molar-refractivity contribution < 1.29 is 19.2 Å². The molecule has 0 atom stereocenters. The molecular weight excluding hydrogens is 611 g/mol. The summed E-state index contributed by atoms with van der Waals surface area (Å²) in [7, 11) is 0. The average Bonchev–Trinajstić information content (AvgIpc) is 3.81. The normalized spacial score (nSPS) is 22.3. The number of aryl methyl sites for hydroxylation is 2. The first-order valence-corrected chi connectivity index (χ1v) is 18.2. The van der Waals surface area contributed by atoms with Crippen LogP contribution in [0, 0.1) is 19.8 Å².